The Morgan fingerprint density at radius 1 is 1.15 bits per heavy atom. The summed E-state index contributed by atoms with van der Waals surface area (Å²) in [6, 6.07) is 1.65. The molecular weight excluding hydrogens is 244 g/mol. The molecule has 0 aromatic carbocycles. The average Bonchev–Trinajstić information content (AvgIpc) is 3.32. The first-order chi connectivity index (χ1) is 9.64. The Hall–Kier alpha value is -0.0800. The summed E-state index contributed by atoms with van der Waals surface area (Å²) in [4.78, 5) is 2.95. The summed E-state index contributed by atoms with van der Waals surface area (Å²) in [5, 5.41) is 3.95. The first-order valence-electron chi connectivity index (χ1n) is 9.15. The van der Waals surface area contributed by atoms with Crippen molar-refractivity contribution in [3.63, 3.8) is 0 Å². The van der Waals surface area contributed by atoms with Crippen molar-refractivity contribution < 1.29 is 0 Å². The minimum absolute atomic E-state index is 0.404. The second-order valence-corrected chi connectivity index (χ2v) is 7.99. The van der Waals surface area contributed by atoms with Crippen molar-refractivity contribution in [3.8, 4) is 0 Å². The molecule has 0 aromatic heterocycles. The van der Waals surface area contributed by atoms with E-state index in [0.29, 0.717) is 5.54 Å². The average molecular weight is 278 g/mol. The zero-order chi connectivity index (χ0) is 14.2. The first kappa shape index (κ1) is 14.8. The van der Waals surface area contributed by atoms with Crippen LogP contribution in [0.15, 0.2) is 0 Å². The van der Waals surface area contributed by atoms with Gasteiger partial charge in [-0.3, -0.25) is 4.90 Å². The van der Waals surface area contributed by atoms with E-state index in [1.54, 1.807) is 0 Å². The van der Waals surface area contributed by atoms with Gasteiger partial charge in [-0.25, -0.2) is 0 Å². The molecule has 2 nitrogen and oxygen atoms in total. The van der Waals surface area contributed by atoms with Crippen LogP contribution in [0.4, 0.5) is 0 Å². The van der Waals surface area contributed by atoms with Gasteiger partial charge < -0.3 is 5.32 Å². The van der Waals surface area contributed by atoms with E-state index >= 15 is 0 Å². The van der Waals surface area contributed by atoms with Gasteiger partial charge in [-0.1, -0.05) is 39.5 Å². The predicted molar refractivity (Wildman–Crippen MR) is 86.0 cm³/mol. The molecule has 2 aliphatic carbocycles. The van der Waals surface area contributed by atoms with Crippen molar-refractivity contribution >= 4 is 0 Å². The van der Waals surface area contributed by atoms with E-state index in [1.165, 1.54) is 64.5 Å². The third-order valence-electron chi connectivity index (χ3n) is 6.47. The van der Waals surface area contributed by atoms with Crippen molar-refractivity contribution in [1.82, 2.24) is 10.2 Å². The van der Waals surface area contributed by atoms with Gasteiger partial charge in [0.05, 0.1) is 0 Å². The second kappa shape index (κ2) is 5.96. The lowest BCUT2D eigenvalue weighted by atomic mass is 9.83. The van der Waals surface area contributed by atoms with Gasteiger partial charge in [0.25, 0.3) is 0 Å². The quantitative estimate of drug-likeness (QED) is 0.841. The van der Waals surface area contributed by atoms with Crippen LogP contribution in [0.1, 0.15) is 72.1 Å². The molecule has 0 radical (unpaired) electrons. The van der Waals surface area contributed by atoms with Crippen LogP contribution >= 0.6 is 0 Å². The zero-order valence-electron chi connectivity index (χ0n) is 13.8. The maximum absolute atomic E-state index is 3.95. The fraction of sp³-hybridized carbons (Fsp3) is 1.00. The lowest BCUT2D eigenvalue weighted by molar-refractivity contribution is 0.00230. The van der Waals surface area contributed by atoms with Crippen LogP contribution in [0.3, 0.4) is 0 Å². The molecule has 3 unspecified atom stereocenters. The minimum Gasteiger partial charge on any atom is -0.308 e. The lowest BCUT2D eigenvalue weighted by Crippen LogP contribution is -2.67. The third kappa shape index (κ3) is 2.92. The van der Waals surface area contributed by atoms with Gasteiger partial charge in [-0.15, -0.1) is 0 Å². The van der Waals surface area contributed by atoms with Crippen LogP contribution in [0, 0.1) is 11.8 Å². The molecule has 1 N–H and O–H groups in total. The Balaban J connectivity index is 1.74. The molecule has 3 aliphatic rings. The number of rotatable bonds is 4. The number of hydrogen-bond donors (Lipinski definition) is 1. The van der Waals surface area contributed by atoms with Crippen molar-refractivity contribution in [2.45, 2.75) is 89.8 Å². The highest BCUT2D eigenvalue weighted by molar-refractivity contribution is 5.06. The summed E-state index contributed by atoms with van der Waals surface area (Å²) < 4.78 is 0. The molecule has 0 bridgehead atoms. The normalized spacial score (nSPS) is 38.9. The van der Waals surface area contributed by atoms with Crippen molar-refractivity contribution in [1.29, 1.82) is 0 Å². The Bertz CT molecular complexity index is 319. The van der Waals surface area contributed by atoms with Gasteiger partial charge in [0.15, 0.2) is 0 Å². The van der Waals surface area contributed by atoms with Crippen LogP contribution in [-0.4, -0.2) is 35.6 Å². The SMILES string of the molecule is CCC(C)C1CNC(C)(C2CC2)CN1C1CCCCC1. The van der Waals surface area contributed by atoms with Gasteiger partial charge in [0.1, 0.15) is 0 Å². The van der Waals surface area contributed by atoms with Gasteiger partial charge in [0.2, 0.25) is 0 Å². The minimum atomic E-state index is 0.404. The third-order valence-corrected chi connectivity index (χ3v) is 6.47. The second-order valence-electron chi connectivity index (χ2n) is 7.99. The van der Waals surface area contributed by atoms with Crippen LogP contribution in [0.2, 0.25) is 0 Å². The lowest BCUT2D eigenvalue weighted by Gasteiger charge is -2.52. The van der Waals surface area contributed by atoms with Crippen molar-refractivity contribution in [2.24, 2.45) is 11.8 Å². The molecule has 1 heterocycles. The maximum atomic E-state index is 3.95. The number of piperazine rings is 1. The fourth-order valence-corrected chi connectivity index (χ4v) is 4.61. The Kier molecular flexibility index (Phi) is 4.42. The topological polar surface area (TPSA) is 15.3 Å². The highest BCUT2D eigenvalue weighted by Gasteiger charge is 2.47. The first-order valence-corrected chi connectivity index (χ1v) is 9.15. The van der Waals surface area contributed by atoms with E-state index < -0.39 is 0 Å². The summed E-state index contributed by atoms with van der Waals surface area (Å²) in [5.74, 6) is 1.78. The van der Waals surface area contributed by atoms with E-state index in [0.717, 1.165) is 23.9 Å². The van der Waals surface area contributed by atoms with Crippen molar-refractivity contribution in [3.05, 3.63) is 0 Å². The molecule has 0 spiro atoms. The van der Waals surface area contributed by atoms with E-state index in [1.807, 2.05) is 0 Å². The molecule has 0 amide bonds. The maximum Gasteiger partial charge on any atom is 0.0309 e. The molecule has 1 aliphatic heterocycles. The number of hydrogen-bond acceptors (Lipinski definition) is 2. The summed E-state index contributed by atoms with van der Waals surface area (Å²) >= 11 is 0. The monoisotopic (exact) mass is 278 g/mol. The zero-order valence-corrected chi connectivity index (χ0v) is 13.8. The number of nitrogens with one attached hydrogen (secondary N) is 1. The van der Waals surface area contributed by atoms with E-state index in [9.17, 15) is 0 Å². The summed E-state index contributed by atoms with van der Waals surface area (Å²) in [6.07, 6.45) is 11.5. The summed E-state index contributed by atoms with van der Waals surface area (Å²) in [6.45, 7) is 9.84. The molecule has 3 atom stereocenters. The van der Waals surface area contributed by atoms with Crippen LogP contribution < -0.4 is 5.32 Å². The molecule has 3 rings (SSSR count). The smallest absolute Gasteiger partial charge is 0.0309 e. The molecule has 1 saturated heterocycles. The molecule has 20 heavy (non-hydrogen) atoms. The van der Waals surface area contributed by atoms with E-state index in [-0.39, 0.29) is 0 Å². The predicted octanol–water partition coefficient (Wildman–Crippen LogP) is 3.81. The van der Waals surface area contributed by atoms with E-state index in [4.69, 9.17) is 0 Å². The van der Waals surface area contributed by atoms with Crippen molar-refractivity contribution in [2.75, 3.05) is 13.1 Å². The molecule has 2 saturated carbocycles. The molecular formula is C18H34N2. The van der Waals surface area contributed by atoms with E-state index in [2.05, 4.69) is 31.0 Å². The van der Waals surface area contributed by atoms with Gasteiger partial charge in [-0.05, 0) is 44.4 Å². The highest BCUT2D eigenvalue weighted by Crippen LogP contribution is 2.43. The Morgan fingerprint density at radius 2 is 1.85 bits per heavy atom. The summed E-state index contributed by atoms with van der Waals surface area (Å²) in [7, 11) is 0. The Labute approximate surface area is 125 Å². The summed E-state index contributed by atoms with van der Waals surface area (Å²) in [5.41, 5.74) is 0.404. The van der Waals surface area contributed by atoms with Crippen LogP contribution in [-0.2, 0) is 0 Å². The van der Waals surface area contributed by atoms with Gasteiger partial charge >= 0.3 is 0 Å². The molecule has 0 aromatic rings. The molecule has 116 valence electrons. The number of nitrogens with zero attached hydrogens (tertiary/aromatic N) is 1. The largest absolute Gasteiger partial charge is 0.308 e. The highest BCUT2D eigenvalue weighted by atomic mass is 15.3. The van der Waals surface area contributed by atoms with Gasteiger partial charge in [0, 0.05) is 30.7 Å². The van der Waals surface area contributed by atoms with Crippen LogP contribution in [0.25, 0.3) is 0 Å². The van der Waals surface area contributed by atoms with Gasteiger partial charge in [-0.2, -0.15) is 0 Å². The molecule has 3 fully saturated rings. The van der Waals surface area contributed by atoms with Crippen LogP contribution in [0.5, 0.6) is 0 Å². The fourth-order valence-electron chi connectivity index (χ4n) is 4.61. The standard InChI is InChI=1S/C18H34N2/c1-4-14(2)17-12-19-18(3,15-10-11-15)13-20(17)16-8-6-5-7-9-16/h14-17,19H,4-13H2,1-3H3. The Morgan fingerprint density at radius 3 is 2.45 bits per heavy atom. The molecule has 2 heteroatoms.